The van der Waals surface area contributed by atoms with E-state index in [0.29, 0.717) is 19.1 Å². The SMILES string of the molecule is CN=C(NCCCOCCOC)N1CCC(c2ccc(OC)cc2)C1.I. The van der Waals surface area contributed by atoms with Gasteiger partial charge in [0.15, 0.2) is 5.96 Å². The number of hydrogen-bond donors (Lipinski definition) is 1. The van der Waals surface area contributed by atoms with E-state index < -0.39 is 0 Å². The second kappa shape index (κ2) is 13.2. The third-order valence-electron chi connectivity index (χ3n) is 4.47. The third kappa shape index (κ3) is 7.28. The van der Waals surface area contributed by atoms with Crippen molar-refractivity contribution in [2.24, 2.45) is 4.99 Å². The van der Waals surface area contributed by atoms with E-state index in [1.807, 2.05) is 19.2 Å². The topological polar surface area (TPSA) is 55.3 Å². The molecular weight excluding hydrogens is 445 g/mol. The molecule has 1 fully saturated rings. The number of ether oxygens (including phenoxy) is 3. The Morgan fingerprint density at radius 1 is 1.19 bits per heavy atom. The lowest BCUT2D eigenvalue weighted by Gasteiger charge is -2.22. The quantitative estimate of drug-likeness (QED) is 0.257. The molecule has 148 valence electrons. The maximum atomic E-state index is 5.48. The summed E-state index contributed by atoms with van der Waals surface area (Å²) in [5.41, 5.74) is 1.37. The molecule has 0 bridgehead atoms. The molecule has 0 aliphatic carbocycles. The van der Waals surface area contributed by atoms with Gasteiger partial charge >= 0.3 is 0 Å². The summed E-state index contributed by atoms with van der Waals surface area (Å²) in [7, 11) is 5.23. The van der Waals surface area contributed by atoms with Crippen LogP contribution in [0.15, 0.2) is 29.3 Å². The van der Waals surface area contributed by atoms with Gasteiger partial charge in [-0.15, -0.1) is 24.0 Å². The number of aliphatic imine (C=N–C) groups is 1. The molecule has 0 saturated carbocycles. The minimum absolute atomic E-state index is 0. The Labute approximate surface area is 174 Å². The van der Waals surface area contributed by atoms with Gasteiger partial charge in [0, 0.05) is 46.3 Å². The number of benzene rings is 1. The molecule has 26 heavy (non-hydrogen) atoms. The highest BCUT2D eigenvalue weighted by Crippen LogP contribution is 2.28. The Bertz CT molecular complexity index is 525. The normalized spacial score (nSPS) is 17.1. The molecule has 0 aromatic heterocycles. The number of rotatable bonds is 9. The Hall–Kier alpha value is -1.06. The van der Waals surface area contributed by atoms with Crippen molar-refractivity contribution in [2.75, 3.05) is 60.7 Å². The van der Waals surface area contributed by atoms with Crippen molar-refractivity contribution in [3.8, 4) is 5.75 Å². The molecule has 1 aromatic carbocycles. The summed E-state index contributed by atoms with van der Waals surface area (Å²) in [6, 6.07) is 8.41. The second-order valence-electron chi connectivity index (χ2n) is 6.14. The first-order chi connectivity index (χ1) is 12.3. The average Bonchev–Trinajstić information content (AvgIpc) is 3.14. The Balaban J connectivity index is 0.00000338. The van der Waals surface area contributed by atoms with Crippen LogP contribution in [0.2, 0.25) is 0 Å². The van der Waals surface area contributed by atoms with Crippen molar-refractivity contribution in [2.45, 2.75) is 18.8 Å². The zero-order chi connectivity index (χ0) is 17.9. The lowest BCUT2D eigenvalue weighted by Crippen LogP contribution is -2.40. The van der Waals surface area contributed by atoms with Crippen molar-refractivity contribution in [3.05, 3.63) is 29.8 Å². The van der Waals surface area contributed by atoms with Crippen LogP contribution in [0.1, 0.15) is 24.3 Å². The number of guanidine groups is 1. The van der Waals surface area contributed by atoms with Crippen molar-refractivity contribution in [1.29, 1.82) is 0 Å². The lowest BCUT2D eigenvalue weighted by molar-refractivity contribution is 0.0698. The fraction of sp³-hybridized carbons (Fsp3) is 0.632. The third-order valence-corrected chi connectivity index (χ3v) is 4.47. The van der Waals surface area contributed by atoms with E-state index in [9.17, 15) is 0 Å². The first-order valence-corrected chi connectivity index (χ1v) is 8.94. The number of nitrogens with one attached hydrogen (secondary N) is 1. The van der Waals surface area contributed by atoms with Crippen molar-refractivity contribution >= 4 is 29.9 Å². The molecule has 0 radical (unpaired) electrons. The van der Waals surface area contributed by atoms with Gasteiger partial charge in [-0.3, -0.25) is 4.99 Å². The van der Waals surface area contributed by atoms with E-state index in [4.69, 9.17) is 14.2 Å². The van der Waals surface area contributed by atoms with Crippen LogP contribution >= 0.6 is 24.0 Å². The number of halogens is 1. The highest BCUT2D eigenvalue weighted by molar-refractivity contribution is 14.0. The predicted molar refractivity (Wildman–Crippen MR) is 116 cm³/mol. The molecule has 0 spiro atoms. The van der Waals surface area contributed by atoms with Gasteiger partial charge in [0.25, 0.3) is 0 Å². The lowest BCUT2D eigenvalue weighted by atomic mass is 9.98. The first-order valence-electron chi connectivity index (χ1n) is 8.94. The molecule has 6 nitrogen and oxygen atoms in total. The van der Waals surface area contributed by atoms with E-state index in [1.165, 1.54) is 5.56 Å². The molecule has 2 rings (SSSR count). The Kier molecular flexibility index (Phi) is 11.6. The molecule has 0 amide bonds. The van der Waals surface area contributed by atoms with Crippen LogP contribution in [0.25, 0.3) is 0 Å². The standard InChI is InChI=1S/C19H31N3O3.HI/c1-20-19(21-10-4-12-25-14-13-23-2)22-11-9-17(15-22)16-5-7-18(24-3)8-6-16;/h5-8,17H,4,9-15H2,1-3H3,(H,20,21);1H. The largest absolute Gasteiger partial charge is 0.497 e. The molecule has 1 aliphatic heterocycles. The highest BCUT2D eigenvalue weighted by atomic mass is 127. The van der Waals surface area contributed by atoms with Gasteiger partial charge in [-0.05, 0) is 30.5 Å². The molecular formula is C19H32IN3O3. The van der Waals surface area contributed by atoms with Crippen molar-refractivity contribution < 1.29 is 14.2 Å². The van der Waals surface area contributed by atoms with E-state index in [0.717, 1.165) is 50.8 Å². The molecule has 7 heteroatoms. The van der Waals surface area contributed by atoms with E-state index in [-0.39, 0.29) is 24.0 Å². The van der Waals surface area contributed by atoms with Crippen LogP contribution in [0, 0.1) is 0 Å². The zero-order valence-electron chi connectivity index (χ0n) is 16.1. The van der Waals surface area contributed by atoms with Gasteiger partial charge < -0.3 is 24.4 Å². The monoisotopic (exact) mass is 477 g/mol. The fourth-order valence-electron chi connectivity index (χ4n) is 3.05. The summed E-state index contributed by atoms with van der Waals surface area (Å²) >= 11 is 0. The smallest absolute Gasteiger partial charge is 0.193 e. The summed E-state index contributed by atoms with van der Waals surface area (Å²) < 4.78 is 15.7. The highest BCUT2D eigenvalue weighted by Gasteiger charge is 2.25. The van der Waals surface area contributed by atoms with Crippen molar-refractivity contribution in [1.82, 2.24) is 10.2 Å². The van der Waals surface area contributed by atoms with Crippen LogP contribution < -0.4 is 10.1 Å². The number of likely N-dealkylation sites (tertiary alicyclic amines) is 1. The summed E-state index contributed by atoms with van der Waals surface area (Å²) in [5.74, 6) is 2.43. The Morgan fingerprint density at radius 3 is 2.62 bits per heavy atom. The molecule has 1 aromatic rings. The number of hydrogen-bond acceptors (Lipinski definition) is 4. The van der Waals surface area contributed by atoms with E-state index >= 15 is 0 Å². The zero-order valence-corrected chi connectivity index (χ0v) is 18.4. The van der Waals surface area contributed by atoms with Gasteiger partial charge in [-0.2, -0.15) is 0 Å². The Morgan fingerprint density at radius 2 is 1.96 bits per heavy atom. The molecule has 1 atom stereocenters. The van der Waals surface area contributed by atoms with Crippen LogP contribution in [-0.2, 0) is 9.47 Å². The predicted octanol–water partition coefficient (Wildman–Crippen LogP) is 2.73. The number of nitrogens with zero attached hydrogens (tertiary/aromatic N) is 2. The maximum Gasteiger partial charge on any atom is 0.193 e. The molecule has 1 heterocycles. The van der Waals surface area contributed by atoms with E-state index in [1.54, 1.807) is 14.2 Å². The minimum Gasteiger partial charge on any atom is -0.497 e. The fourth-order valence-corrected chi connectivity index (χ4v) is 3.05. The van der Waals surface area contributed by atoms with Gasteiger partial charge in [-0.25, -0.2) is 0 Å². The van der Waals surface area contributed by atoms with Crippen LogP contribution in [0.4, 0.5) is 0 Å². The number of methoxy groups -OCH3 is 2. The molecule has 1 aliphatic rings. The van der Waals surface area contributed by atoms with E-state index in [2.05, 4.69) is 27.3 Å². The summed E-state index contributed by atoms with van der Waals surface area (Å²) in [6.07, 6.45) is 2.10. The van der Waals surface area contributed by atoms with Gasteiger partial charge in [0.2, 0.25) is 0 Å². The summed E-state index contributed by atoms with van der Waals surface area (Å²) in [4.78, 5) is 6.76. The summed E-state index contributed by atoms with van der Waals surface area (Å²) in [6.45, 7) is 4.93. The van der Waals surface area contributed by atoms with Gasteiger partial charge in [-0.1, -0.05) is 12.1 Å². The van der Waals surface area contributed by atoms with Crippen molar-refractivity contribution in [3.63, 3.8) is 0 Å². The average molecular weight is 477 g/mol. The molecule has 1 unspecified atom stereocenters. The van der Waals surface area contributed by atoms with Crippen LogP contribution in [0.5, 0.6) is 5.75 Å². The molecule has 1 saturated heterocycles. The van der Waals surface area contributed by atoms with Crippen LogP contribution in [0.3, 0.4) is 0 Å². The maximum absolute atomic E-state index is 5.48. The summed E-state index contributed by atoms with van der Waals surface area (Å²) in [5, 5.41) is 3.44. The second-order valence-corrected chi connectivity index (χ2v) is 6.14. The van der Waals surface area contributed by atoms with Crippen LogP contribution in [-0.4, -0.2) is 71.6 Å². The minimum atomic E-state index is 0. The molecule has 1 N–H and O–H groups in total. The van der Waals surface area contributed by atoms with Gasteiger partial charge in [0.1, 0.15) is 5.75 Å². The first kappa shape index (κ1) is 23.0. The van der Waals surface area contributed by atoms with Gasteiger partial charge in [0.05, 0.1) is 20.3 Å².